The van der Waals surface area contributed by atoms with Gasteiger partial charge in [-0.3, -0.25) is 5.10 Å². The Morgan fingerprint density at radius 1 is 0.906 bits per heavy atom. The van der Waals surface area contributed by atoms with Gasteiger partial charge in [0.15, 0.2) is 0 Å². The number of hydrogen-bond donors (Lipinski definition) is 3. The minimum atomic E-state index is 0.746. The molecule has 2 unspecified atom stereocenters. The van der Waals surface area contributed by atoms with Crippen molar-refractivity contribution in [1.29, 1.82) is 0 Å². The van der Waals surface area contributed by atoms with Crippen LogP contribution in [-0.2, 0) is 0 Å². The van der Waals surface area contributed by atoms with Gasteiger partial charge in [0.05, 0.1) is 17.4 Å². The van der Waals surface area contributed by atoms with E-state index in [1.807, 2.05) is 36.7 Å². The molecule has 2 aromatic carbocycles. The molecule has 0 saturated carbocycles. The van der Waals surface area contributed by atoms with Crippen molar-refractivity contribution < 1.29 is 0 Å². The predicted octanol–water partition coefficient (Wildman–Crippen LogP) is 3.70. The molecular weight excluding hydrogens is 398 g/mol. The van der Waals surface area contributed by atoms with Gasteiger partial charge in [-0.25, -0.2) is 9.97 Å². The summed E-state index contributed by atoms with van der Waals surface area (Å²) in [6.07, 6.45) is 6.19. The predicted molar refractivity (Wildman–Crippen MR) is 128 cm³/mol. The van der Waals surface area contributed by atoms with E-state index in [1.165, 1.54) is 12.8 Å². The maximum absolute atomic E-state index is 5.96. The molecule has 2 aromatic heterocycles. The van der Waals surface area contributed by atoms with Crippen LogP contribution >= 0.6 is 0 Å². The smallest absolute Gasteiger partial charge is 0.225 e. The Hall–Kier alpha value is -3.45. The van der Waals surface area contributed by atoms with Crippen molar-refractivity contribution in [3.05, 3.63) is 54.9 Å². The third-order valence-electron chi connectivity index (χ3n) is 7.02. The van der Waals surface area contributed by atoms with Gasteiger partial charge in [0, 0.05) is 41.5 Å². The zero-order valence-electron chi connectivity index (χ0n) is 18.0. The Morgan fingerprint density at radius 3 is 2.44 bits per heavy atom. The monoisotopic (exact) mass is 425 g/mol. The first-order valence-electron chi connectivity index (χ1n) is 11.4. The van der Waals surface area contributed by atoms with Gasteiger partial charge in [-0.05, 0) is 61.5 Å². The molecule has 2 aliphatic heterocycles. The van der Waals surface area contributed by atoms with Gasteiger partial charge in [-0.15, -0.1) is 0 Å². The molecule has 162 valence electrons. The number of nitrogens with two attached hydrogens (primary N) is 1. The first-order valence-corrected chi connectivity index (χ1v) is 11.4. The Bertz CT molecular complexity index is 1230. The lowest BCUT2D eigenvalue weighted by Crippen LogP contribution is -2.27. The fourth-order valence-corrected chi connectivity index (χ4v) is 5.12. The molecule has 7 nitrogen and oxygen atoms in total. The maximum atomic E-state index is 5.96. The molecule has 0 amide bonds. The van der Waals surface area contributed by atoms with Crippen LogP contribution in [0.2, 0.25) is 0 Å². The summed E-state index contributed by atoms with van der Waals surface area (Å²) in [5.41, 5.74) is 11.7. The average Bonchev–Trinajstić information content (AvgIpc) is 3.44. The standard InChI is InChI=1S/C25H27N7/c26-21-5-3-16(4-6-21)24-22(17-1-2-20-14-29-31-23(20)11-17)15-28-25(30-24)32-9-7-18-12-27-13-19(18)8-10-32/h1-6,11,14-15,18-19,27H,7-10,12-13,26H2,(H,29,31). The number of anilines is 2. The quantitative estimate of drug-likeness (QED) is 0.433. The van der Waals surface area contributed by atoms with Gasteiger partial charge in [0.25, 0.3) is 0 Å². The minimum Gasteiger partial charge on any atom is -0.399 e. The summed E-state index contributed by atoms with van der Waals surface area (Å²) in [6, 6.07) is 14.2. The van der Waals surface area contributed by atoms with E-state index in [2.05, 4.69) is 38.6 Å². The van der Waals surface area contributed by atoms with Crippen LogP contribution in [0.3, 0.4) is 0 Å². The van der Waals surface area contributed by atoms with Crippen LogP contribution in [0.1, 0.15) is 12.8 Å². The minimum absolute atomic E-state index is 0.746. The van der Waals surface area contributed by atoms with Gasteiger partial charge in [0.1, 0.15) is 0 Å². The lowest BCUT2D eigenvalue weighted by Gasteiger charge is -2.22. The molecular formula is C25H27N7. The van der Waals surface area contributed by atoms with Crippen molar-refractivity contribution in [3.8, 4) is 22.4 Å². The van der Waals surface area contributed by atoms with E-state index in [9.17, 15) is 0 Å². The molecule has 32 heavy (non-hydrogen) atoms. The maximum Gasteiger partial charge on any atom is 0.225 e. The van der Waals surface area contributed by atoms with Crippen molar-refractivity contribution >= 4 is 22.5 Å². The Balaban J connectivity index is 1.41. The Kier molecular flexibility index (Phi) is 4.76. The van der Waals surface area contributed by atoms with E-state index in [0.717, 1.165) is 82.9 Å². The van der Waals surface area contributed by atoms with Crippen LogP contribution in [0.25, 0.3) is 33.3 Å². The number of benzene rings is 2. The number of hydrogen-bond acceptors (Lipinski definition) is 6. The van der Waals surface area contributed by atoms with Crippen LogP contribution in [0, 0.1) is 11.8 Å². The fourth-order valence-electron chi connectivity index (χ4n) is 5.12. The number of aromatic nitrogens is 4. The van der Waals surface area contributed by atoms with Crippen LogP contribution in [0.5, 0.6) is 0 Å². The van der Waals surface area contributed by atoms with E-state index >= 15 is 0 Å². The molecule has 0 aliphatic carbocycles. The molecule has 2 atom stereocenters. The van der Waals surface area contributed by atoms with Crippen LogP contribution < -0.4 is 16.0 Å². The number of rotatable bonds is 3. The molecule has 6 rings (SSSR count). The highest BCUT2D eigenvalue weighted by atomic mass is 15.3. The van der Waals surface area contributed by atoms with E-state index in [4.69, 9.17) is 15.7 Å². The second kappa shape index (κ2) is 7.91. The Labute approximate surface area is 187 Å². The summed E-state index contributed by atoms with van der Waals surface area (Å²) in [5, 5.41) is 11.9. The first-order chi connectivity index (χ1) is 15.7. The molecule has 0 radical (unpaired) electrons. The third-order valence-corrected chi connectivity index (χ3v) is 7.02. The number of nitrogen functional groups attached to an aromatic ring is 1. The largest absolute Gasteiger partial charge is 0.399 e. The van der Waals surface area contributed by atoms with E-state index in [1.54, 1.807) is 0 Å². The summed E-state index contributed by atoms with van der Waals surface area (Å²) in [5.74, 6) is 2.37. The molecule has 4 heterocycles. The van der Waals surface area contributed by atoms with E-state index in [-0.39, 0.29) is 0 Å². The second-order valence-electron chi connectivity index (χ2n) is 8.97. The van der Waals surface area contributed by atoms with Crippen molar-refractivity contribution in [2.45, 2.75) is 12.8 Å². The highest BCUT2D eigenvalue weighted by molar-refractivity contribution is 5.88. The molecule has 2 saturated heterocycles. The lowest BCUT2D eigenvalue weighted by atomic mass is 9.92. The third kappa shape index (κ3) is 3.48. The summed E-state index contributed by atoms with van der Waals surface area (Å²) in [4.78, 5) is 12.3. The molecule has 4 aromatic rings. The average molecular weight is 426 g/mol. The molecule has 0 spiro atoms. The number of nitrogens with zero attached hydrogens (tertiary/aromatic N) is 4. The van der Waals surface area contributed by atoms with Crippen LogP contribution in [0.15, 0.2) is 54.9 Å². The van der Waals surface area contributed by atoms with Gasteiger partial charge in [0.2, 0.25) is 5.95 Å². The van der Waals surface area contributed by atoms with Crippen LogP contribution in [0.4, 0.5) is 11.6 Å². The number of H-pyrrole nitrogens is 1. The topological polar surface area (TPSA) is 95.8 Å². The van der Waals surface area contributed by atoms with Crippen molar-refractivity contribution in [2.75, 3.05) is 36.8 Å². The van der Waals surface area contributed by atoms with Crippen molar-refractivity contribution in [2.24, 2.45) is 11.8 Å². The normalized spacial score (nSPS) is 20.9. The molecule has 0 bridgehead atoms. The van der Waals surface area contributed by atoms with Gasteiger partial charge in [-0.2, -0.15) is 5.10 Å². The van der Waals surface area contributed by atoms with Gasteiger partial charge >= 0.3 is 0 Å². The number of aromatic amines is 1. The summed E-state index contributed by atoms with van der Waals surface area (Å²) in [7, 11) is 0. The van der Waals surface area contributed by atoms with Crippen molar-refractivity contribution in [3.63, 3.8) is 0 Å². The number of fused-ring (bicyclic) bond motifs is 2. The lowest BCUT2D eigenvalue weighted by molar-refractivity contribution is 0.409. The van der Waals surface area contributed by atoms with E-state index in [0.29, 0.717) is 0 Å². The summed E-state index contributed by atoms with van der Waals surface area (Å²) >= 11 is 0. The fraction of sp³-hybridized carbons (Fsp3) is 0.320. The van der Waals surface area contributed by atoms with Gasteiger partial charge in [-0.1, -0.05) is 24.3 Å². The molecule has 7 heteroatoms. The summed E-state index contributed by atoms with van der Waals surface area (Å²) < 4.78 is 0. The Morgan fingerprint density at radius 2 is 1.66 bits per heavy atom. The van der Waals surface area contributed by atoms with Gasteiger partial charge < -0.3 is 16.0 Å². The van der Waals surface area contributed by atoms with E-state index < -0.39 is 0 Å². The summed E-state index contributed by atoms with van der Waals surface area (Å²) in [6.45, 7) is 4.29. The van der Waals surface area contributed by atoms with Crippen LogP contribution in [-0.4, -0.2) is 46.3 Å². The number of nitrogens with one attached hydrogen (secondary N) is 2. The second-order valence-corrected chi connectivity index (χ2v) is 8.97. The first kappa shape index (κ1) is 19.3. The zero-order valence-corrected chi connectivity index (χ0v) is 18.0. The molecule has 2 aliphatic rings. The molecule has 2 fully saturated rings. The SMILES string of the molecule is Nc1ccc(-c2nc(N3CCC4CNCC4CC3)ncc2-c2ccc3cn[nH]c3c2)cc1. The highest BCUT2D eigenvalue weighted by Gasteiger charge is 2.31. The zero-order chi connectivity index (χ0) is 21.5. The molecule has 4 N–H and O–H groups in total. The highest BCUT2D eigenvalue weighted by Crippen LogP contribution is 2.34. The van der Waals surface area contributed by atoms with Crippen molar-refractivity contribution in [1.82, 2.24) is 25.5 Å².